The lowest BCUT2D eigenvalue weighted by Crippen LogP contribution is -2.48. The Morgan fingerprint density at radius 3 is 2.40 bits per heavy atom. The molecule has 0 aliphatic carbocycles. The first-order valence-electron chi connectivity index (χ1n) is 2.95. The first-order chi connectivity index (χ1) is 4.54. The van der Waals surface area contributed by atoms with Gasteiger partial charge in [-0.2, -0.15) is 4.31 Å². The van der Waals surface area contributed by atoms with E-state index in [-0.39, 0.29) is 5.92 Å². The van der Waals surface area contributed by atoms with Gasteiger partial charge >= 0.3 is 0 Å². The van der Waals surface area contributed by atoms with Gasteiger partial charge in [-0.15, -0.1) is 12.3 Å². The van der Waals surface area contributed by atoms with Gasteiger partial charge in [0.1, 0.15) is 0 Å². The summed E-state index contributed by atoms with van der Waals surface area (Å²) in [6, 6.07) is 0. The smallest absolute Gasteiger partial charge is 0.211 e. The molecule has 0 unspecified atom stereocenters. The predicted molar refractivity (Wildman–Crippen MR) is 38.7 cm³/mol. The topological polar surface area (TPSA) is 37.4 Å². The molecule has 0 aromatic carbocycles. The van der Waals surface area contributed by atoms with Gasteiger partial charge in [0.2, 0.25) is 10.0 Å². The van der Waals surface area contributed by atoms with E-state index in [0.717, 1.165) is 0 Å². The molecule has 56 valence electrons. The van der Waals surface area contributed by atoms with Crippen LogP contribution in [-0.2, 0) is 10.0 Å². The van der Waals surface area contributed by atoms with Gasteiger partial charge in [0.05, 0.1) is 6.26 Å². The Kier molecular flexibility index (Phi) is 1.71. The third-order valence-corrected chi connectivity index (χ3v) is 2.79. The molecule has 0 spiro atoms. The number of sulfonamides is 1. The minimum atomic E-state index is -2.97. The molecule has 1 aliphatic heterocycles. The zero-order chi connectivity index (χ0) is 7.78. The minimum absolute atomic E-state index is 0.134. The summed E-state index contributed by atoms with van der Waals surface area (Å²) < 4.78 is 22.8. The van der Waals surface area contributed by atoms with E-state index in [1.54, 1.807) is 0 Å². The fourth-order valence-electron chi connectivity index (χ4n) is 0.814. The van der Waals surface area contributed by atoms with Crippen molar-refractivity contribution in [2.24, 2.45) is 5.92 Å². The minimum Gasteiger partial charge on any atom is -0.213 e. The van der Waals surface area contributed by atoms with Crippen LogP contribution in [0.25, 0.3) is 0 Å². The fourth-order valence-corrected chi connectivity index (χ4v) is 1.72. The number of rotatable bonds is 1. The lowest BCUT2D eigenvalue weighted by Gasteiger charge is -2.33. The second-order valence-corrected chi connectivity index (χ2v) is 4.43. The highest BCUT2D eigenvalue weighted by molar-refractivity contribution is 7.88. The Morgan fingerprint density at radius 1 is 1.60 bits per heavy atom. The first kappa shape index (κ1) is 7.58. The lowest BCUT2D eigenvalue weighted by molar-refractivity contribution is 0.252. The van der Waals surface area contributed by atoms with Gasteiger partial charge in [-0.3, -0.25) is 0 Å². The molecule has 1 heterocycles. The molecule has 0 atom stereocenters. The van der Waals surface area contributed by atoms with Gasteiger partial charge in [0.25, 0.3) is 0 Å². The van der Waals surface area contributed by atoms with Crippen LogP contribution in [-0.4, -0.2) is 32.1 Å². The predicted octanol–water partition coefficient (Wildman–Crippen LogP) is -0.489. The van der Waals surface area contributed by atoms with Crippen LogP contribution in [0.15, 0.2) is 0 Å². The molecule has 0 amide bonds. The molecule has 1 aliphatic rings. The van der Waals surface area contributed by atoms with Crippen molar-refractivity contribution in [2.45, 2.75) is 0 Å². The van der Waals surface area contributed by atoms with Crippen molar-refractivity contribution < 1.29 is 8.42 Å². The van der Waals surface area contributed by atoms with Crippen LogP contribution in [0, 0.1) is 18.3 Å². The largest absolute Gasteiger partial charge is 0.213 e. The monoisotopic (exact) mass is 159 g/mol. The Balaban J connectivity index is 2.50. The molecule has 1 rings (SSSR count). The van der Waals surface area contributed by atoms with Crippen LogP contribution in [0.3, 0.4) is 0 Å². The summed E-state index contributed by atoms with van der Waals surface area (Å²) >= 11 is 0. The Hall–Kier alpha value is -0.530. The van der Waals surface area contributed by atoms with Crippen molar-refractivity contribution in [3.63, 3.8) is 0 Å². The normalized spacial score (nSPS) is 21.6. The summed E-state index contributed by atoms with van der Waals surface area (Å²) in [5.41, 5.74) is 0. The summed E-state index contributed by atoms with van der Waals surface area (Å²) in [5.74, 6) is 2.63. The number of nitrogens with zero attached hydrogens (tertiary/aromatic N) is 1. The second kappa shape index (κ2) is 2.26. The highest BCUT2D eigenvalue weighted by Crippen LogP contribution is 2.16. The van der Waals surface area contributed by atoms with Crippen LogP contribution >= 0.6 is 0 Å². The molecule has 0 bridgehead atoms. The van der Waals surface area contributed by atoms with Gasteiger partial charge < -0.3 is 0 Å². The highest BCUT2D eigenvalue weighted by Gasteiger charge is 2.31. The average molecular weight is 159 g/mol. The molecule has 1 saturated heterocycles. The average Bonchev–Trinajstić information content (AvgIpc) is 1.57. The fraction of sp³-hybridized carbons (Fsp3) is 0.667. The molecule has 0 aromatic heterocycles. The van der Waals surface area contributed by atoms with Crippen molar-refractivity contribution in [1.82, 2.24) is 4.31 Å². The van der Waals surface area contributed by atoms with E-state index in [2.05, 4.69) is 5.92 Å². The van der Waals surface area contributed by atoms with Crippen LogP contribution in [0.2, 0.25) is 0 Å². The SMILES string of the molecule is C#CC1CN(S(C)(=O)=O)C1. The molecule has 0 N–H and O–H groups in total. The Labute approximate surface area is 61.1 Å². The van der Waals surface area contributed by atoms with Gasteiger partial charge in [-0.25, -0.2) is 8.42 Å². The number of hydrogen-bond donors (Lipinski definition) is 0. The van der Waals surface area contributed by atoms with Crippen molar-refractivity contribution in [1.29, 1.82) is 0 Å². The van der Waals surface area contributed by atoms with E-state index in [1.165, 1.54) is 10.6 Å². The van der Waals surface area contributed by atoms with E-state index >= 15 is 0 Å². The molecule has 3 nitrogen and oxygen atoms in total. The maximum Gasteiger partial charge on any atom is 0.211 e. The quantitative estimate of drug-likeness (QED) is 0.484. The zero-order valence-corrected chi connectivity index (χ0v) is 6.56. The standard InChI is InChI=1S/C6H9NO2S/c1-3-6-4-7(5-6)10(2,8)9/h1,6H,4-5H2,2H3. The van der Waals surface area contributed by atoms with E-state index < -0.39 is 10.0 Å². The number of terminal acetylenes is 1. The Morgan fingerprint density at radius 2 is 2.10 bits per heavy atom. The maximum absolute atomic E-state index is 10.7. The summed E-state index contributed by atoms with van der Waals surface area (Å²) in [5, 5.41) is 0. The van der Waals surface area contributed by atoms with Crippen molar-refractivity contribution in [3.8, 4) is 12.3 Å². The lowest BCUT2D eigenvalue weighted by atomic mass is 10.1. The zero-order valence-electron chi connectivity index (χ0n) is 5.74. The summed E-state index contributed by atoms with van der Waals surface area (Å²) in [6.45, 7) is 0.991. The van der Waals surface area contributed by atoms with Crippen LogP contribution in [0.4, 0.5) is 0 Å². The van der Waals surface area contributed by atoms with E-state index in [9.17, 15) is 8.42 Å². The number of hydrogen-bond acceptors (Lipinski definition) is 2. The van der Waals surface area contributed by atoms with Crippen LogP contribution in [0.5, 0.6) is 0 Å². The van der Waals surface area contributed by atoms with Crippen LogP contribution < -0.4 is 0 Å². The van der Waals surface area contributed by atoms with Crippen LogP contribution in [0.1, 0.15) is 0 Å². The molecule has 0 aromatic rings. The second-order valence-electron chi connectivity index (χ2n) is 2.44. The third-order valence-electron chi connectivity index (χ3n) is 1.55. The van der Waals surface area contributed by atoms with Crippen molar-refractivity contribution >= 4 is 10.0 Å². The molecule has 10 heavy (non-hydrogen) atoms. The molecular weight excluding hydrogens is 150 g/mol. The summed E-state index contributed by atoms with van der Waals surface area (Å²) in [4.78, 5) is 0. The van der Waals surface area contributed by atoms with Gasteiger partial charge in [0.15, 0.2) is 0 Å². The highest BCUT2D eigenvalue weighted by atomic mass is 32.2. The van der Waals surface area contributed by atoms with E-state index in [4.69, 9.17) is 6.42 Å². The third kappa shape index (κ3) is 1.31. The van der Waals surface area contributed by atoms with E-state index in [1.807, 2.05) is 0 Å². The van der Waals surface area contributed by atoms with E-state index in [0.29, 0.717) is 13.1 Å². The Bertz CT molecular complexity index is 256. The molecular formula is C6H9NO2S. The molecule has 4 heteroatoms. The van der Waals surface area contributed by atoms with Gasteiger partial charge in [-0.1, -0.05) is 0 Å². The van der Waals surface area contributed by atoms with Gasteiger partial charge in [0, 0.05) is 19.0 Å². The molecule has 0 radical (unpaired) electrons. The molecule has 0 saturated carbocycles. The maximum atomic E-state index is 10.7. The molecule has 1 fully saturated rings. The van der Waals surface area contributed by atoms with Gasteiger partial charge in [-0.05, 0) is 0 Å². The van der Waals surface area contributed by atoms with Crippen molar-refractivity contribution in [2.75, 3.05) is 19.3 Å². The first-order valence-corrected chi connectivity index (χ1v) is 4.80. The summed E-state index contributed by atoms with van der Waals surface area (Å²) in [6.07, 6.45) is 6.26. The summed E-state index contributed by atoms with van der Waals surface area (Å²) in [7, 11) is -2.97. The van der Waals surface area contributed by atoms with Crippen molar-refractivity contribution in [3.05, 3.63) is 0 Å².